The first-order valence-electron chi connectivity index (χ1n) is 4.83. The monoisotopic (exact) mass is 221 g/mol. The van der Waals surface area contributed by atoms with Gasteiger partial charge in [-0.25, -0.2) is 0 Å². The molecule has 2 aromatic rings. The molecule has 0 bridgehead atoms. The minimum atomic E-state index is 0.0608. The number of aromatic nitrogens is 3. The Morgan fingerprint density at radius 2 is 2.40 bits per heavy atom. The van der Waals surface area contributed by atoms with Crippen molar-refractivity contribution < 1.29 is 4.74 Å². The largest absolute Gasteiger partial charge is 0.369 e. The average Bonchev–Trinajstić information content (AvgIpc) is 2.86. The summed E-state index contributed by atoms with van der Waals surface area (Å²) in [4.78, 5) is 0. The molecule has 78 valence electrons. The van der Waals surface area contributed by atoms with Crippen LogP contribution in [0.25, 0.3) is 5.65 Å². The van der Waals surface area contributed by atoms with Crippen molar-refractivity contribution in [2.75, 3.05) is 12.4 Å². The Labute approximate surface area is 91.6 Å². The number of fused-ring (bicyclic) bond motifs is 1. The van der Waals surface area contributed by atoms with E-state index in [9.17, 15) is 0 Å². The highest BCUT2D eigenvalue weighted by molar-refractivity contribution is 7.99. The van der Waals surface area contributed by atoms with E-state index in [0.717, 1.165) is 23.2 Å². The van der Waals surface area contributed by atoms with Gasteiger partial charge in [0, 0.05) is 11.9 Å². The predicted molar refractivity (Wildman–Crippen MR) is 58.1 cm³/mol. The molecule has 0 radical (unpaired) electrons. The summed E-state index contributed by atoms with van der Waals surface area (Å²) >= 11 is 1.69. The molecule has 3 rings (SSSR count). The fourth-order valence-corrected chi connectivity index (χ4v) is 2.33. The van der Waals surface area contributed by atoms with Crippen molar-refractivity contribution in [3.63, 3.8) is 0 Å². The Morgan fingerprint density at radius 3 is 3.20 bits per heavy atom. The van der Waals surface area contributed by atoms with Crippen molar-refractivity contribution in [3.8, 4) is 0 Å². The van der Waals surface area contributed by atoms with Gasteiger partial charge in [-0.05, 0) is 19.1 Å². The molecule has 0 spiro atoms. The van der Waals surface area contributed by atoms with Crippen LogP contribution in [-0.2, 0) is 4.74 Å². The number of hydrogen-bond donors (Lipinski definition) is 0. The van der Waals surface area contributed by atoms with Crippen LogP contribution in [0.3, 0.4) is 0 Å². The normalized spacial score (nSPS) is 24.6. The molecule has 0 aromatic carbocycles. The summed E-state index contributed by atoms with van der Waals surface area (Å²) in [7, 11) is 0. The van der Waals surface area contributed by atoms with Crippen LogP contribution in [-0.4, -0.2) is 32.6 Å². The molecule has 1 unspecified atom stereocenters. The summed E-state index contributed by atoms with van der Waals surface area (Å²) in [6.07, 6.45) is 1.98. The van der Waals surface area contributed by atoms with E-state index in [2.05, 4.69) is 17.1 Å². The quantitative estimate of drug-likeness (QED) is 0.583. The van der Waals surface area contributed by atoms with E-state index in [4.69, 9.17) is 4.74 Å². The van der Waals surface area contributed by atoms with Crippen molar-refractivity contribution in [1.29, 1.82) is 0 Å². The summed E-state index contributed by atoms with van der Waals surface area (Å²) in [5.41, 5.74) is 0.951. The fourth-order valence-electron chi connectivity index (χ4n) is 1.34. The van der Waals surface area contributed by atoms with Gasteiger partial charge >= 0.3 is 0 Å². The molecule has 0 amide bonds. The zero-order valence-electron chi connectivity index (χ0n) is 8.38. The minimum absolute atomic E-state index is 0.0608. The van der Waals surface area contributed by atoms with E-state index in [1.807, 2.05) is 28.8 Å². The summed E-state index contributed by atoms with van der Waals surface area (Å²) in [5, 5.41) is 9.17. The highest BCUT2D eigenvalue weighted by atomic mass is 32.2. The van der Waals surface area contributed by atoms with Crippen molar-refractivity contribution in [2.24, 2.45) is 0 Å². The Hall–Kier alpha value is -1.07. The molecule has 0 N–H and O–H groups in total. The van der Waals surface area contributed by atoms with Crippen molar-refractivity contribution in [3.05, 3.63) is 24.4 Å². The van der Waals surface area contributed by atoms with Crippen LogP contribution in [0.5, 0.6) is 0 Å². The Morgan fingerprint density at radius 1 is 1.53 bits per heavy atom. The summed E-state index contributed by atoms with van der Waals surface area (Å²) in [6, 6.07) is 5.89. The van der Waals surface area contributed by atoms with Crippen LogP contribution >= 0.6 is 11.8 Å². The maximum absolute atomic E-state index is 5.33. The van der Waals surface area contributed by atoms with Crippen molar-refractivity contribution in [1.82, 2.24) is 14.6 Å². The Bertz CT molecular complexity index is 492. The van der Waals surface area contributed by atoms with Crippen molar-refractivity contribution in [2.45, 2.75) is 17.7 Å². The number of ether oxygens (including phenoxy) is 1. The van der Waals surface area contributed by atoms with E-state index >= 15 is 0 Å². The van der Waals surface area contributed by atoms with Crippen LogP contribution in [0.15, 0.2) is 29.6 Å². The first kappa shape index (κ1) is 9.18. The standard InChI is InChI=1S/C10H11N3OS/c1-10(6-14-10)7-15-9-12-11-8-4-2-3-5-13(8)9/h2-5H,6-7H2,1H3. The van der Waals surface area contributed by atoms with Gasteiger partial charge in [0.15, 0.2) is 10.8 Å². The zero-order valence-corrected chi connectivity index (χ0v) is 9.20. The van der Waals surface area contributed by atoms with Gasteiger partial charge < -0.3 is 4.74 Å². The van der Waals surface area contributed by atoms with Crippen LogP contribution < -0.4 is 0 Å². The molecule has 2 aromatic heterocycles. The van der Waals surface area contributed by atoms with E-state index in [-0.39, 0.29) is 5.60 Å². The van der Waals surface area contributed by atoms with E-state index in [1.54, 1.807) is 11.8 Å². The highest BCUT2D eigenvalue weighted by Crippen LogP contribution is 2.32. The maximum Gasteiger partial charge on any atom is 0.195 e. The fraction of sp³-hybridized carbons (Fsp3) is 0.400. The predicted octanol–water partition coefficient (Wildman–Crippen LogP) is 1.61. The smallest absolute Gasteiger partial charge is 0.195 e. The molecule has 1 aliphatic rings. The number of thioether (sulfide) groups is 1. The summed E-state index contributed by atoms with van der Waals surface area (Å²) < 4.78 is 7.32. The lowest BCUT2D eigenvalue weighted by atomic mass is 10.3. The third kappa shape index (κ3) is 1.72. The second kappa shape index (κ2) is 3.21. The second-order valence-electron chi connectivity index (χ2n) is 3.94. The third-order valence-corrected chi connectivity index (χ3v) is 3.72. The van der Waals surface area contributed by atoms with Gasteiger partial charge in [-0.15, -0.1) is 10.2 Å². The van der Waals surface area contributed by atoms with Gasteiger partial charge in [-0.2, -0.15) is 0 Å². The number of hydrogen-bond acceptors (Lipinski definition) is 4. The molecular formula is C10H11N3OS. The van der Waals surface area contributed by atoms with Crippen LogP contribution in [0, 0.1) is 0 Å². The summed E-state index contributed by atoms with van der Waals surface area (Å²) in [5.74, 6) is 0.933. The van der Waals surface area contributed by atoms with Gasteiger partial charge in [-0.3, -0.25) is 4.40 Å². The average molecular weight is 221 g/mol. The number of rotatable bonds is 3. The first-order valence-corrected chi connectivity index (χ1v) is 5.82. The third-order valence-electron chi connectivity index (χ3n) is 2.43. The van der Waals surface area contributed by atoms with Gasteiger partial charge in [0.05, 0.1) is 12.2 Å². The van der Waals surface area contributed by atoms with E-state index in [0.29, 0.717) is 0 Å². The molecule has 3 heterocycles. The van der Waals surface area contributed by atoms with Gasteiger partial charge in [-0.1, -0.05) is 17.8 Å². The maximum atomic E-state index is 5.33. The number of nitrogens with zero attached hydrogens (tertiary/aromatic N) is 3. The highest BCUT2D eigenvalue weighted by Gasteiger charge is 2.39. The molecule has 1 atom stereocenters. The lowest BCUT2D eigenvalue weighted by molar-refractivity contribution is 0.348. The van der Waals surface area contributed by atoms with Gasteiger partial charge in [0.1, 0.15) is 0 Å². The molecule has 1 fully saturated rings. The molecule has 15 heavy (non-hydrogen) atoms. The minimum Gasteiger partial charge on any atom is -0.369 e. The second-order valence-corrected chi connectivity index (χ2v) is 4.88. The lowest BCUT2D eigenvalue weighted by Crippen LogP contribution is -2.08. The first-order chi connectivity index (χ1) is 7.27. The Balaban J connectivity index is 1.84. The topological polar surface area (TPSA) is 42.7 Å². The summed E-state index contributed by atoms with van der Waals surface area (Å²) in [6.45, 7) is 2.97. The van der Waals surface area contributed by atoms with Gasteiger partial charge in [0.25, 0.3) is 0 Å². The molecule has 5 heteroatoms. The Kier molecular flexibility index (Phi) is 1.97. The van der Waals surface area contributed by atoms with Gasteiger partial charge in [0.2, 0.25) is 0 Å². The molecule has 1 aliphatic heterocycles. The van der Waals surface area contributed by atoms with Crippen LogP contribution in [0.1, 0.15) is 6.92 Å². The SMILES string of the molecule is CC1(CSc2nnc3ccccn23)CO1. The van der Waals surface area contributed by atoms with E-state index < -0.39 is 0 Å². The number of epoxide rings is 1. The number of pyridine rings is 1. The van der Waals surface area contributed by atoms with E-state index in [1.165, 1.54) is 0 Å². The molecule has 0 aliphatic carbocycles. The zero-order chi connectivity index (χ0) is 10.3. The lowest BCUT2D eigenvalue weighted by Gasteiger charge is -2.02. The van der Waals surface area contributed by atoms with Crippen LogP contribution in [0.4, 0.5) is 0 Å². The molecule has 4 nitrogen and oxygen atoms in total. The molecule has 0 saturated carbocycles. The molecule has 1 saturated heterocycles. The van der Waals surface area contributed by atoms with Crippen molar-refractivity contribution >= 4 is 17.4 Å². The van der Waals surface area contributed by atoms with Crippen LogP contribution in [0.2, 0.25) is 0 Å². The molecular weight excluding hydrogens is 210 g/mol.